The van der Waals surface area contributed by atoms with Crippen LogP contribution < -0.4 is 4.74 Å². The summed E-state index contributed by atoms with van der Waals surface area (Å²) in [6, 6.07) is 17.6. The predicted molar refractivity (Wildman–Crippen MR) is 99.9 cm³/mol. The van der Waals surface area contributed by atoms with Gasteiger partial charge in [0, 0.05) is 37.7 Å². The normalized spacial score (nSPS) is 15.2. The molecular weight excluding hydrogens is 336 g/mol. The van der Waals surface area contributed by atoms with E-state index in [2.05, 4.69) is 17.0 Å². The molecule has 0 atom stereocenters. The number of nitrogens with zero attached hydrogens (tertiary/aromatic N) is 2. The van der Waals surface area contributed by atoms with Crippen molar-refractivity contribution in [3.63, 3.8) is 0 Å². The van der Waals surface area contributed by atoms with E-state index in [4.69, 9.17) is 16.3 Å². The van der Waals surface area contributed by atoms with Crippen molar-refractivity contribution in [1.82, 2.24) is 9.80 Å². The van der Waals surface area contributed by atoms with Crippen molar-refractivity contribution in [2.45, 2.75) is 13.0 Å². The van der Waals surface area contributed by atoms with Gasteiger partial charge in [-0.05, 0) is 29.8 Å². The zero-order valence-electron chi connectivity index (χ0n) is 14.2. The Morgan fingerprint density at radius 2 is 1.64 bits per heavy atom. The molecule has 0 bridgehead atoms. The number of hydrogen-bond acceptors (Lipinski definition) is 3. The van der Waals surface area contributed by atoms with Crippen molar-refractivity contribution >= 4 is 17.5 Å². The van der Waals surface area contributed by atoms with Crippen LogP contribution in [-0.4, -0.2) is 48.5 Å². The minimum atomic E-state index is 0.169. The monoisotopic (exact) mass is 358 g/mol. The van der Waals surface area contributed by atoms with Gasteiger partial charge in [0.25, 0.3) is 0 Å². The molecule has 2 aromatic carbocycles. The van der Waals surface area contributed by atoms with Gasteiger partial charge in [0.05, 0.1) is 13.0 Å². The first-order valence-corrected chi connectivity index (χ1v) is 9.01. The highest BCUT2D eigenvalue weighted by molar-refractivity contribution is 6.30. The van der Waals surface area contributed by atoms with Crippen molar-refractivity contribution in [3.8, 4) is 5.75 Å². The standard InChI is InChI=1S/C20H23ClN2O2/c21-18-8-6-17(7-9-18)16-22-11-13-23(14-12-22)20(24)10-15-25-19-4-2-1-3-5-19/h1-9H,10-16H2. The van der Waals surface area contributed by atoms with Crippen molar-refractivity contribution in [3.05, 3.63) is 65.2 Å². The van der Waals surface area contributed by atoms with Crippen LogP contribution in [-0.2, 0) is 11.3 Å². The lowest BCUT2D eigenvalue weighted by molar-refractivity contribution is -0.133. The second kappa shape index (κ2) is 8.88. The Hall–Kier alpha value is -2.04. The summed E-state index contributed by atoms with van der Waals surface area (Å²) in [6.07, 6.45) is 0.423. The SMILES string of the molecule is O=C(CCOc1ccccc1)N1CCN(Cc2ccc(Cl)cc2)CC1. The summed E-state index contributed by atoms with van der Waals surface area (Å²) in [4.78, 5) is 16.6. The maximum absolute atomic E-state index is 12.3. The highest BCUT2D eigenvalue weighted by atomic mass is 35.5. The fourth-order valence-electron chi connectivity index (χ4n) is 2.93. The zero-order valence-corrected chi connectivity index (χ0v) is 15.0. The molecule has 0 saturated carbocycles. The zero-order chi connectivity index (χ0) is 17.5. The van der Waals surface area contributed by atoms with Gasteiger partial charge < -0.3 is 9.64 Å². The van der Waals surface area contributed by atoms with E-state index in [0.29, 0.717) is 13.0 Å². The largest absolute Gasteiger partial charge is 0.493 e. The van der Waals surface area contributed by atoms with Gasteiger partial charge in [-0.1, -0.05) is 41.9 Å². The van der Waals surface area contributed by atoms with Gasteiger partial charge in [0.2, 0.25) is 5.91 Å². The van der Waals surface area contributed by atoms with E-state index in [0.717, 1.165) is 43.5 Å². The smallest absolute Gasteiger partial charge is 0.226 e. The van der Waals surface area contributed by atoms with Crippen LogP contribution in [0.5, 0.6) is 5.75 Å². The first-order valence-electron chi connectivity index (χ1n) is 8.63. The van der Waals surface area contributed by atoms with E-state index in [1.807, 2.05) is 47.4 Å². The van der Waals surface area contributed by atoms with E-state index in [1.54, 1.807) is 0 Å². The maximum Gasteiger partial charge on any atom is 0.226 e. The van der Waals surface area contributed by atoms with Gasteiger partial charge >= 0.3 is 0 Å². The van der Waals surface area contributed by atoms with Crippen molar-refractivity contribution in [1.29, 1.82) is 0 Å². The lowest BCUT2D eigenvalue weighted by Gasteiger charge is -2.34. The van der Waals surface area contributed by atoms with Crippen LogP contribution in [0.1, 0.15) is 12.0 Å². The number of amides is 1. The molecule has 1 fully saturated rings. The molecule has 4 nitrogen and oxygen atoms in total. The number of carbonyl (C=O) groups excluding carboxylic acids is 1. The lowest BCUT2D eigenvalue weighted by atomic mass is 10.2. The molecule has 0 spiro atoms. The maximum atomic E-state index is 12.3. The Morgan fingerprint density at radius 3 is 2.32 bits per heavy atom. The Kier molecular flexibility index (Phi) is 6.31. The summed E-state index contributed by atoms with van der Waals surface area (Å²) in [7, 11) is 0. The Morgan fingerprint density at radius 1 is 0.960 bits per heavy atom. The quantitative estimate of drug-likeness (QED) is 0.792. The van der Waals surface area contributed by atoms with E-state index in [9.17, 15) is 4.79 Å². The minimum Gasteiger partial charge on any atom is -0.493 e. The molecule has 132 valence electrons. The lowest BCUT2D eigenvalue weighted by Crippen LogP contribution is -2.48. The first-order chi connectivity index (χ1) is 12.2. The van der Waals surface area contributed by atoms with E-state index >= 15 is 0 Å². The summed E-state index contributed by atoms with van der Waals surface area (Å²) >= 11 is 5.92. The molecule has 5 heteroatoms. The van der Waals surface area contributed by atoms with Gasteiger partial charge in [-0.3, -0.25) is 9.69 Å². The van der Waals surface area contributed by atoms with Gasteiger partial charge in [-0.25, -0.2) is 0 Å². The number of carbonyl (C=O) groups is 1. The van der Waals surface area contributed by atoms with E-state index in [-0.39, 0.29) is 5.91 Å². The van der Waals surface area contributed by atoms with Crippen molar-refractivity contribution < 1.29 is 9.53 Å². The highest BCUT2D eigenvalue weighted by Crippen LogP contribution is 2.13. The van der Waals surface area contributed by atoms with Crippen LogP contribution in [0.4, 0.5) is 0 Å². The third-order valence-corrected chi connectivity index (χ3v) is 4.62. The fourth-order valence-corrected chi connectivity index (χ4v) is 3.06. The number of benzene rings is 2. The van der Waals surface area contributed by atoms with Gasteiger partial charge in [0.1, 0.15) is 5.75 Å². The molecule has 25 heavy (non-hydrogen) atoms. The van der Waals surface area contributed by atoms with Crippen LogP contribution in [0.2, 0.25) is 5.02 Å². The third-order valence-electron chi connectivity index (χ3n) is 4.37. The summed E-state index contributed by atoms with van der Waals surface area (Å²) in [5.41, 5.74) is 1.25. The Balaban J connectivity index is 1.38. The van der Waals surface area contributed by atoms with Crippen molar-refractivity contribution in [2.75, 3.05) is 32.8 Å². The number of piperazine rings is 1. The third kappa shape index (κ3) is 5.48. The fraction of sp³-hybridized carbons (Fsp3) is 0.350. The molecule has 0 aliphatic carbocycles. The van der Waals surface area contributed by atoms with Crippen LogP contribution in [0.25, 0.3) is 0 Å². The Labute approximate surface area is 154 Å². The van der Waals surface area contributed by atoms with Crippen LogP contribution in [0.3, 0.4) is 0 Å². The molecule has 3 rings (SSSR count). The second-order valence-electron chi connectivity index (χ2n) is 6.19. The minimum absolute atomic E-state index is 0.169. The predicted octanol–water partition coefficient (Wildman–Crippen LogP) is 3.45. The summed E-state index contributed by atoms with van der Waals surface area (Å²) in [5.74, 6) is 0.977. The first kappa shape index (κ1) is 17.8. The molecule has 1 saturated heterocycles. The number of hydrogen-bond donors (Lipinski definition) is 0. The average molecular weight is 359 g/mol. The number of rotatable bonds is 6. The molecule has 0 N–H and O–H groups in total. The molecule has 0 aromatic heterocycles. The van der Waals surface area contributed by atoms with Gasteiger partial charge in [0.15, 0.2) is 0 Å². The number of halogens is 1. The number of para-hydroxylation sites is 1. The molecule has 2 aromatic rings. The van der Waals surface area contributed by atoms with E-state index in [1.165, 1.54) is 5.56 Å². The van der Waals surface area contributed by atoms with E-state index < -0.39 is 0 Å². The summed E-state index contributed by atoms with van der Waals surface area (Å²) < 4.78 is 5.61. The number of ether oxygens (including phenoxy) is 1. The van der Waals surface area contributed by atoms with Crippen LogP contribution >= 0.6 is 11.6 Å². The summed E-state index contributed by atoms with van der Waals surface area (Å²) in [6.45, 7) is 4.67. The second-order valence-corrected chi connectivity index (χ2v) is 6.63. The molecule has 1 aliphatic heterocycles. The van der Waals surface area contributed by atoms with Gasteiger partial charge in [-0.15, -0.1) is 0 Å². The molecule has 1 amide bonds. The highest BCUT2D eigenvalue weighted by Gasteiger charge is 2.20. The van der Waals surface area contributed by atoms with Crippen LogP contribution in [0, 0.1) is 0 Å². The topological polar surface area (TPSA) is 32.8 Å². The van der Waals surface area contributed by atoms with Crippen LogP contribution in [0.15, 0.2) is 54.6 Å². The molecule has 0 radical (unpaired) electrons. The van der Waals surface area contributed by atoms with Gasteiger partial charge in [-0.2, -0.15) is 0 Å². The van der Waals surface area contributed by atoms with Crippen molar-refractivity contribution in [2.24, 2.45) is 0 Å². The molecule has 0 unspecified atom stereocenters. The average Bonchev–Trinajstić information content (AvgIpc) is 2.65. The Bertz CT molecular complexity index is 668. The summed E-state index contributed by atoms with van der Waals surface area (Å²) in [5, 5.41) is 0.761. The molecular formula is C20H23ClN2O2. The molecule has 1 aliphatic rings. The molecule has 1 heterocycles.